The lowest BCUT2D eigenvalue weighted by atomic mass is 9.95. The number of fused-ring (bicyclic) bond motifs is 1. The summed E-state index contributed by atoms with van der Waals surface area (Å²) in [5, 5.41) is 10.4. The van der Waals surface area contributed by atoms with Crippen LogP contribution in [0, 0.1) is 0 Å². The van der Waals surface area contributed by atoms with Gasteiger partial charge in [0.05, 0.1) is 24.3 Å². The van der Waals surface area contributed by atoms with Crippen LogP contribution in [0.3, 0.4) is 0 Å². The van der Waals surface area contributed by atoms with Gasteiger partial charge in [-0.3, -0.25) is 14.5 Å². The molecule has 2 aliphatic heterocycles. The number of hydrogen-bond donors (Lipinski definition) is 1. The zero-order valence-corrected chi connectivity index (χ0v) is 12.8. The lowest BCUT2D eigenvalue weighted by molar-refractivity contribution is -0.261. The summed E-state index contributed by atoms with van der Waals surface area (Å²) in [6.45, 7) is 1.66. The van der Waals surface area contributed by atoms with E-state index in [0.717, 1.165) is 12.0 Å². The minimum Gasteiger partial charge on any atom is -0.465 e. The number of imide groups is 1. The molecule has 7 heteroatoms. The number of carbonyl (C=O) groups excluding carboxylic acids is 3. The van der Waals surface area contributed by atoms with Gasteiger partial charge in [-0.15, -0.1) is 0 Å². The van der Waals surface area contributed by atoms with Crippen LogP contribution in [-0.2, 0) is 14.3 Å². The van der Waals surface area contributed by atoms with E-state index in [1.54, 1.807) is 31.2 Å². The second-order valence-electron chi connectivity index (χ2n) is 5.82. The highest BCUT2D eigenvalue weighted by molar-refractivity contribution is 6.21. The van der Waals surface area contributed by atoms with E-state index in [1.165, 1.54) is 0 Å². The molecule has 122 valence electrons. The molecule has 0 saturated carbocycles. The topological polar surface area (TPSA) is 93.1 Å². The van der Waals surface area contributed by atoms with Crippen molar-refractivity contribution in [2.75, 3.05) is 7.11 Å². The molecular weight excluding hydrogens is 302 g/mol. The SMILES string of the molecule is COC(=O)C1(O)CC(N2C(=O)c3ccccc3C2=O)CC(C)O1. The Labute approximate surface area is 132 Å². The van der Waals surface area contributed by atoms with Gasteiger partial charge in [-0.05, 0) is 25.5 Å². The molecule has 1 aromatic carbocycles. The summed E-state index contributed by atoms with van der Waals surface area (Å²) in [7, 11) is 1.14. The first-order valence-corrected chi connectivity index (χ1v) is 7.33. The van der Waals surface area contributed by atoms with Gasteiger partial charge >= 0.3 is 5.97 Å². The summed E-state index contributed by atoms with van der Waals surface area (Å²) in [5.41, 5.74) is 0.663. The van der Waals surface area contributed by atoms with E-state index in [-0.39, 0.29) is 6.42 Å². The maximum absolute atomic E-state index is 12.5. The molecule has 0 spiro atoms. The molecule has 23 heavy (non-hydrogen) atoms. The maximum atomic E-state index is 12.5. The Balaban J connectivity index is 1.92. The number of nitrogens with zero attached hydrogens (tertiary/aromatic N) is 1. The fraction of sp³-hybridized carbons (Fsp3) is 0.438. The monoisotopic (exact) mass is 319 g/mol. The minimum absolute atomic E-state index is 0.213. The Morgan fingerprint density at radius 3 is 2.39 bits per heavy atom. The summed E-state index contributed by atoms with van der Waals surface area (Å²) in [4.78, 5) is 38.0. The number of amides is 2. The third-order valence-electron chi connectivity index (χ3n) is 4.21. The molecule has 1 aromatic rings. The normalized spacial score (nSPS) is 30.3. The van der Waals surface area contributed by atoms with E-state index in [0.29, 0.717) is 17.5 Å². The summed E-state index contributed by atoms with van der Waals surface area (Å²) in [6.07, 6.45) is -0.387. The first-order valence-electron chi connectivity index (χ1n) is 7.33. The second-order valence-corrected chi connectivity index (χ2v) is 5.82. The van der Waals surface area contributed by atoms with Crippen molar-refractivity contribution in [1.82, 2.24) is 4.90 Å². The molecule has 0 aromatic heterocycles. The molecular formula is C16H17NO6. The van der Waals surface area contributed by atoms with Crippen molar-refractivity contribution in [2.45, 2.75) is 37.7 Å². The molecule has 2 heterocycles. The lowest BCUT2D eigenvalue weighted by Gasteiger charge is -2.40. The van der Waals surface area contributed by atoms with Crippen molar-refractivity contribution >= 4 is 17.8 Å². The molecule has 0 bridgehead atoms. The Kier molecular flexibility index (Phi) is 3.69. The summed E-state index contributed by atoms with van der Waals surface area (Å²) in [5.74, 6) is -3.94. The standard InChI is InChI=1S/C16H17NO6/c1-9-7-10(8-16(21,23-9)15(20)22-2)17-13(18)11-5-3-4-6-12(11)14(17)19/h3-6,9-10,21H,7-8H2,1-2H3. The number of aliphatic hydroxyl groups is 1. The Bertz CT molecular complexity index is 652. The van der Waals surface area contributed by atoms with E-state index in [2.05, 4.69) is 4.74 Å². The van der Waals surface area contributed by atoms with Gasteiger partial charge in [-0.2, -0.15) is 0 Å². The van der Waals surface area contributed by atoms with Crippen molar-refractivity contribution in [3.05, 3.63) is 35.4 Å². The molecule has 3 atom stereocenters. The maximum Gasteiger partial charge on any atom is 0.366 e. The second kappa shape index (κ2) is 5.43. The van der Waals surface area contributed by atoms with Gasteiger partial charge in [0.15, 0.2) is 0 Å². The van der Waals surface area contributed by atoms with E-state index >= 15 is 0 Å². The molecule has 1 N–H and O–H groups in total. The highest BCUT2D eigenvalue weighted by Crippen LogP contribution is 2.35. The molecule has 7 nitrogen and oxygen atoms in total. The number of ether oxygens (including phenoxy) is 2. The van der Waals surface area contributed by atoms with Crippen molar-refractivity contribution in [1.29, 1.82) is 0 Å². The van der Waals surface area contributed by atoms with Crippen molar-refractivity contribution in [2.24, 2.45) is 0 Å². The lowest BCUT2D eigenvalue weighted by Crippen LogP contribution is -2.56. The van der Waals surface area contributed by atoms with Crippen molar-refractivity contribution < 1.29 is 29.0 Å². The largest absolute Gasteiger partial charge is 0.465 e. The number of hydrogen-bond acceptors (Lipinski definition) is 6. The zero-order valence-electron chi connectivity index (χ0n) is 12.8. The third-order valence-corrected chi connectivity index (χ3v) is 4.21. The molecule has 0 aliphatic carbocycles. The molecule has 0 radical (unpaired) electrons. The van der Waals surface area contributed by atoms with Gasteiger partial charge in [0.2, 0.25) is 0 Å². The molecule has 2 aliphatic rings. The van der Waals surface area contributed by atoms with Crippen LogP contribution < -0.4 is 0 Å². The van der Waals surface area contributed by atoms with Crippen LogP contribution in [0.25, 0.3) is 0 Å². The Morgan fingerprint density at radius 1 is 1.30 bits per heavy atom. The van der Waals surface area contributed by atoms with Crippen LogP contribution in [0.2, 0.25) is 0 Å². The first-order chi connectivity index (χ1) is 10.9. The quantitative estimate of drug-likeness (QED) is 0.637. The number of benzene rings is 1. The first kappa shape index (κ1) is 15.6. The van der Waals surface area contributed by atoms with Gasteiger partial charge in [-0.1, -0.05) is 12.1 Å². The minimum atomic E-state index is -2.16. The number of esters is 1. The van der Waals surface area contributed by atoms with E-state index in [9.17, 15) is 19.5 Å². The summed E-state index contributed by atoms with van der Waals surface area (Å²) < 4.78 is 9.86. The number of carbonyl (C=O) groups is 3. The van der Waals surface area contributed by atoms with Gasteiger partial charge in [0, 0.05) is 12.5 Å². The summed E-state index contributed by atoms with van der Waals surface area (Å²) >= 11 is 0. The van der Waals surface area contributed by atoms with E-state index in [1.807, 2.05) is 0 Å². The molecule has 1 fully saturated rings. The fourth-order valence-electron chi connectivity index (χ4n) is 3.24. The highest BCUT2D eigenvalue weighted by atomic mass is 16.7. The van der Waals surface area contributed by atoms with Crippen LogP contribution in [0.15, 0.2) is 24.3 Å². The zero-order chi connectivity index (χ0) is 16.8. The van der Waals surface area contributed by atoms with Crippen LogP contribution >= 0.6 is 0 Å². The fourth-order valence-corrected chi connectivity index (χ4v) is 3.24. The van der Waals surface area contributed by atoms with Crippen LogP contribution in [0.5, 0.6) is 0 Å². The Morgan fingerprint density at radius 2 is 1.87 bits per heavy atom. The molecule has 3 rings (SSSR count). The molecule has 3 unspecified atom stereocenters. The van der Waals surface area contributed by atoms with E-state index in [4.69, 9.17) is 4.74 Å². The van der Waals surface area contributed by atoms with Gasteiger partial charge < -0.3 is 14.6 Å². The van der Waals surface area contributed by atoms with Crippen molar-refractivity contribution in [3.63, 3.8) is 0 Å². The van der Waals surface area contributed by atoms with Crippen LogP contribution in [-0.4, -0.2) is 52.8 Å². The van der Waals surface area contributed by atoms with Gasteiger partial charge in [-0.25, -0.2) is 4.79 Å². The average molecular weight is 319 g/mol. The Hall–Kier alpha value is -2.25. The highest BCUT2D eigenvalue weighted by Gasteiger charge is 2.51. The predicted molar refractivity (Wildman–Crippen MR) is 77.5 cm³/mol. The van der Waals surface area contributed by atoms with Crippen LogP contribution in [0.1, 0.15) is 40.5 Å². The third kappa shape index (κ3) is 2.42. The van der Waals surface area contributed by atoms with E-state index < -0.39 is 35.7 Å². The molecule has 2 amide bonds. The molecule has 1 saturated heterocycles. The van der Waals surface area contributed by atoms with Gasteiger partial charge in [0.25, 0.3) is 17.6 Å². The average Bonchev–Trinajstić information content (AvgIpc) is 2.77. The number of rotatable bonds is 2. The van der Waals surface area contributed by atoms with Crippen molar-refractivity contribution in [3.8, 4) is 0 Å². The van der Waals surface area contributed by atoms with Crippen LogP contribution in [0.4, 0.5) is 0 Å². The van der Waals surface area contributed by atoms with Gasteiger partial charge in [0.1, 0.15) is 0 Å². The summed E-state index contributed by atoms with van der Waals surface area (Å²) in [6, 6.07) is 5.90. The predicted octanol–water partition coefficient (Wildman–Crippen LogP) is 0.712. The number of methoxy groups -OCH3 is 1. The smallest absolute Gasteiger partial charge is 0.366 e.